The highest BCUT2D eigenvalue weighted by Crippen LogP contribution is 2.35. The third kappa shape index (κ3) is 1.95. The van der Waals surface area contributed by atoms with Crippen LogP contribution in [-0.4, -0.2) is 43.9 Å². The summed E-state index contributed by atoms with van der Waals surface area (Å²) in [7, 11) is 0. The van der Waals surface area contributed by atoms with E-state index in [-0.39, 0.29) is 0 Å². The van der Waals surface area contributed by atoms with Gasteiger partial charge in [-0.15, -0.1) is 0 Å². The van der Waals surface area contributed by atoms with Gasteiger partial charge in [-0.05, 0) is 32.1 Å². The average molecular weight is 198 g/mol. The number of hydrogen-bond acceptors (Lipinski definition) is 3. The van der Waals surface area contributed by atoms with Gasteiger partial charge in [0.2, 0.25) is 0 Å². The Morgan fingerprint density at radius 1 is 1.36 bits per heavy atom. The van der Waals surface area contributed by atoms with Gasteiger partial charge in [0.15, 0.2) is 0 Å². The lowest BCUT2D eigenvalue weighted by molar-refractivity contribution is -0.0742. The standard InChI is InChI=1S/C11H22N2O/c1-3-14-10(2)13-6-4-11(5-7-13)8-12-9-11/h10,12H,3-9H2,1-2H3. The first kappa shape index (κ1) is 10.4. The molecule has 82 valence electrons. The van der Waals surface area contributed by atoms with Gasteiger partial charge < -0.3 is 10.1 Å². The molecule has 0 aromatic rings. The molecule has 1 spiro atoms. The molecule has 0 aliphatic carbocycles. The summed E-state index contributed by atoms with van der Waals surface area (Å²) in [4.78, 5) is 2.47. The third-order valence-electron chi connectivity index (χ3n) is 3.78. The maximum atomic E-state index is 5.61. The predicted molar refractivity (Wildman–Crippen MR) is 57.2 cm³/mol. The first-order valence-corrected chi connectivity index (χ1v) is 5.82. The van der Waals surface area contributed by atoms with Crippen molar-refractivity contribution in [2.45, 2.75) is 32.9 Å². The van der Waals surface area contributed by atoms with Crippen LogP contribution in [0.1, 0.15) is 26.7 Å². The lowest BCUT2D eigenvalue weighted by Gasteiger charge is -2.49. The topological polar surface area (TPSA) is 24.5 Å². The molecule has 0 radical (unpaired) electrons. The molecule has 2 aliphatic heterocycles. The summed E-state index contributed by atoms with van der Waals surface area (Å²) in [5.74, 6) is 0. The fourth-order valence-corrected chi connectivity index (χ4v) is 2.54. The molecule has 2 aliphatic rings. The van der Waals surface area contributed by atoms with Crippen molar-refractivity contribution in [2.24, 2.45) is 5.41 Å². The SMILES string of the molecule is CCOC(C)N1CCC2(CC1)CNC2. The lowest BCUT2D eigenvalue weighted by atomic mass is 9.73. The quantitative estimate of drug-likeness (QED) is 0.733. The van der Waals surface area contributed by atoms with Crippen molar-refractivity contribution in [3.05, 3.63) is 0 Å². The molecule has 3 nitrogen and oxygen atoms in total. The number of ether oxygens (including phenoxy) is 1. The second kappa shape index (κ2) is 4.17. The maximum absolute atomic E-state index is 5.61. The first-order chi connectivity index (χ1) is 6.76. The predicted octanol–water partition coefficient (Wildman–Crippen LogP) is 1.05. The van der Waals surface area contributed by atoms with Crippen LogP contribution in [0.3, 0.4) is 0 Å². The van der Waals surface area contributed by atoms with Gasteiger partial charge in [0.1, 0.15) is 6.23 Å². The van der Waals surface area contributed by atoms with Crippen molar-refractivity contribution < 1.29 is 4.74 Å². The molecule has 0 aromatic carbocycles. The van der Waals surface area contributed by atoms with Crippen molar-refractivity contribution in [1.82, 2.24) is 10.2 Å². The third-order valence-corrected chi connectivity index (χ3v) is 3.78. The number of nitrogens with one attached hydrogen (secondary N) is 1. The number of piperidine rings is 1. The zero-order valence-corrected chi connectivity index (χ0v) is 9.38. The lowest BCUT2D eigenvalue weighted by Crippen LogP contribution is -2.59. The normalized spacial score (nSPS) is 28.7. The monoisotopic (exact) mass is 198 g/mol. The molecule has 14 heavy (non-hydrogen) atoms. The second-order valence-corrected chi connectivity index (χ2v) is 4.69. The van der Waals surface area contributed by atoms with E-state index in [0.717, 1.165) is 6.61 Å². The summed E-state index contributed by atoms with van der Waals surface area (Å²) in [5, 5.41) is 3.39. The molecule has 2 heterocycles. The molecular formula is C11H22N2O. The van der Waals surface area contributed by atoms with E-state index >= 15 is 0 Å². The summed E-state index contributed by atoms with van der Waals surface area (Å²) in [6, 6.07) is 0. The molecule has 0 amide bonds. The maximum Gasteiger partial charge on any atom is 0.107 e. The van der Waals surface area contributed by atoms with Crippen LogP contribution in [0.2, 0.25) is 0 Å². The Kier molecular flexibility index (Phi) is 3.10. The highest BCUT2D eigenvalue weighted by molar-refractivity contribution is 4.96. The minimum atomic E-state index is 0.311. The minimum Gasteiger partial charge on any atom is -0.364 e. The summed E-state index contributed by atoms with van der Waals surface area (Å²) in [6.07, 6.45) is 3.00. The van der Waals surface area contributed by atoms with E-state index in [1.54, 1.807) is 0 Å². The van der Waals surface area contributed by atoms with Crippen LogP contribution in [0.5, 0.6) is 0 Å². The van der Waals surface area contributed by atoms with Crippen LogP contribution in [0.15, 0.2) is 0 Å². The fraction of sp³-hybridized carbons (Fsp3) is 1.00. The largest absolute Gasteiger partial charge is 0.364 e. The van der Waals surface area contributed by atoms with Crippen LogP contribution >= 0.6 is 0 Å². The van der Waals surface area contributed by atoms with Gasteiger partial charge >= 0.3 is 0 Å². The Hall–Kier alpha value is -0.120. The van der Waals surface area contributed by atoms with E-state index in [2.05, 4.69) is 24.1 Å². The van der Waals surface area contributed by atoms with Gasteiger partial charge in [0.05, 0.1) is 0 Å². The molecule has 1 atom stereocenters. The number of rotatable bonds is 3. The molecule has 2 rings (SSSR count). The Balaban J connectivity index is 1.77. The van der Waals surface area contributed by atoms with Crippen LogP contribution in [0, 0.1) is 5.41 Å². The van der Waals surface area contributed by atoms with Crippen LogP contribution < -0.4 is 5.32 Å². The zero-order valence-electron chi connectivity index (χ0n) is 9.38. The summed E-state index contributed by atoms with van der Waals surface area (Å²) in [5.41, 5.74) is 0.655. The van der Waals surface area contributed by atoms with Gasteiger partial charge in [0.25, 0.3) is 0 Å². The zero-order chi connectivity index (χ0) is 10.0. The molecule has 2 fully saturated rings. The van der Waals surface area contributed by atoms with Gasteiger partial charge in [-0.3, -0.25) is 4.90 Å². The van der Waals surface area contributed by atoms with E-state index in [1.165, 1.54) is 39.0 Å². The van der Waals surface area contributed by atoms with Gasteiger partial charge in [0, 0.05) is 32.8 Å². The van der Waals surface area contributed by atoms with E-state index < -0.39 is 0 Å². The molecule has 3 heteroatoms. The molecule has 0 bridgehead atoms. The molecule has 2 saturated heterocycles. The van der Waals surface area contributed by atoms with Gasteiger partial charge in [-0.25, -0.2) is 0 Å². The van der Waals surface area contributed by atoms with E-state index in [1.807, 2.05) is 0 Å². The van der Waals surface area contributed by atoms with Crippen molar-refractivity contribution in [2.75, 3.05) is 32.8 Å². The van der Waals surface area contributed by atoms with Crippen LogP contribution in [-0.2, 0) is 4.74 Å². The summed E-state index contributed by atoms with van der Waals surface area (Å²) in [6.45, 7) is 9.96. The highest BCUT2D eigenvalue weighted by Gasteiger charge is 2.40. The molecular weight excluding hydrogens is 176 g/mol. The highest BCUT2D eigenvalue weighted by atomic mass is 16.5. The van der Waals surface area contributed by atoms with Crippen molar-refractivity contribution in [3.63, 3.8) is 0 Å². The smallest absolute Gasteiger partial charge is 0.107 e. The first-order valence-electron chi connectivity index (χ1n) is 5.82. The molecule has 1 N–H and O–H groups in total. The van der Waals surface area contributed by atoms with Crippen LogP contribution in [0.25, 0.3) is 0 Å². The van der Waals surface area contributed by atoms with Crippen LogP contribution in [0.4, 0.5) is 0 Å². The van der Waals surface area contributed by atoms with Crippen molar-refractivity contribution in [3.8, 4) is 0 Å². The fourth-order valence-electron chi connectivity index (χ4n) is 2.54. The Morgan fingerprint density at radius 3 is 2.43 bits per heavy atom. The van der Waals surface area contributed by atoms with E-state index in [0.29, 0.717) is 11.6 Å². The van der Waals surface area contributed by atoms with Gasteiger partial charge in [-0.1, -0.05) is 0 Å². The summed E-state index contributed by atoms with van der Waals surface area (Å²) < 4.78 is 5.61. The molecule has 1 unspecified atom stereocenters. The Labute approximate surface area is 86.8 Å². The van der Waals surface area contributed by atoms with E-state index in [4.69, 9.17) is 4.74 Å². The van der Waals surface area contributed by atoms with Crippen molar-refractivity contribution in [1.29, 1.82) is 0 Å². The van der Waals surface area contributed by atoms with E-state index in [9.17, 15) is 0 Å². The average Bonchev–Trinajstić information content (AvgIpc) is 2.16. The van der Waals surface area contributed by atoms with Crippen molar-refractivity contribution >= 4 is 0 Å². The molecule has 0 aromatic heterocycles. The second-order valence-electron chi connectivity index (χ2n) is 4.69. The Bertz CT molecular complexity index is 182. The minimum absolute atomic E-state index is 0.311. The number of hydrogen-bond donors (Lipinski definition) is 1. The number of likely N-dealkylation sites (tertiary alicyclic amines) is 1. The summed E-state index contributed by atoms with van der Waals surface area (Å²) >= 11 is 0. The Morgan fingerprint density at radius 2 is 2.00 bits per heavy atom. The number of nitrogens with zero attached hydrogens (tertiary/aromatic N) is 1. The molecule has 0 saturated carbocycles. The van der Waals surface area contributed by atoms with Gasteiger partial charge in [-0.2, -0.15) is 0 Å².